The maximum Gasteiger partial charge on any atom is 0.129 e. The van der Waals surface area contributed by atoms with Crippen molar-refractivity contribution in [3.05, 3.63) is 0 Å². The van der Waals surface area contributed by atoms with Crippen molar-refractivity contribution in [2.75, 3.05) is 0 Å². The molecule has 0 amide bonds. The molecular formula is C13H34OSi4. The lowest BCUT2D eigenvalue weighted by Crippen LogP contribution is -2.82. The standard InChI is InChI=1S/C13H34OSi4/c1-13(14)11-12-18(15(2,3)4,16(5,6)7)17(8,9)10/h11-12H2,1-10H3. The SMILES string of the molecule is CC(=O)CC[Si]([Si](C)(C)C)([Si](C)(C)C)[Si](C)(C)C. The minimum absolute atomic E-state index is 0.404. The topological polar surface area (TPSA) is 17.1 Å². The van der Waals surface area contributed by atoms with E-state index >= 15 is 0 Å². The molecule has 0 bridgehead atoms. The summed E-state index contributed by atoms with van der Waals surface area (Å²) in [4.78, 5) is 11.5. The Bertz CT molecular complexity index is 268. The predicted molar refractivity (Wildman–Crippen MR) is 95.9 cm³/mol. The van der Waals surface area contributed by atoms with E-state index < -0.39 is 29.4 Å². The Morgan fingerprint density at radius 3 is 1.17 bits per heavy atom. The van der Waals surface area contributed by atoms with Crippen molar-refractivity contribution in [2.24, 2.45) is 0 Å². The Labute approximate surface area is 118 Å². The minimum Gasteiger partial charge on any atom is -0.300 e. The molecule has 0 saturated carbocycles. The van der Waals surface area contributed by atoms with Crippen LogP contribution in [0.1, 0.15) is 13.3 Å². The fraction of sp³-hybridized carbons (Fsp3) is 0.923. The van der Waals surface area contributed by atoms with Crippen LogP contribution in [-0.4, -0.2) is 35.2 Å². The van der Waals surface area contributed by atoms with E-state index in [1.807, 2.05) is 0 Å². The van der Waals surface area contributed by atoms with E-state index in [2.05, 4.69) is 58.9 Å². The average Bonchev–Trinajstić information content (AvgIpc) is 1.94. The molecule has 0 saturated heterocycles. The van der Waals surface area contributed by atoms with Gasteiger partial charge in [-0.25, -0.2) is 0 Å². The van der Waals surface area contributed by atoms with Crippen LogP contribution in [0.5, 0.6) is 0 Å². The Balaban J connectivity index is 5.83. The third-order valence-corrected chi connectivity index (χ3v) is 79.2. The van der Waals surface area contributed by atoms with E-state index in [4.69, 9.17) is 0 Å². The highest BCUT2D eigenvalue weighted by molar-refractivity contribution is 7.89. The molecule has 0 aromatic rings. The number of carbonyl (C=O) groups is 1. The first-order valence-corrected chi connectivity index (χ1v) is 22.9. The van der Waals surface area contributed by atoms with Gasteiger partial charge in [-0.15, -0.1) is 0 Å². The summed E-state index contributed by atoms with van der Waals surface area (Å²) < 4.78 is 0. The van der Waals surface area contributed by atoms with E-state index in [1.54, 1.807) is 6.92 Å². The van der Waals surface area contributed by atoms with Gasteiger partial charge in [-0.1, -0.05) is 65.0 Å². The highest BCUT2D eigenvalue weighted by atomic mass is 29.9. The van der Waals surface area contributed by atoms with Crippen LogP contribution in [0.2, 0.25) is 65.0 Å². The molecule has 0 aliphatic carbocycles. The van der Waals surface area contributed by atoms with Gasteiger partial charge >= 0.3 is 0 Å². The molecule has 0 heterocycles. The molecule has 0 aliphatic rings. The Kier molecular flexibility index (Phi) is 5.66. The molecule has 5 heteroatoms. The molecule has 18 heavy (non-hydrogen) atoms. The second kappa shape index (κ2) is 5.50. The number of rotatable bonds is 6. The molecule has 0 spiro atoms. The van der Waals surface area contributed by atoms with Crippen LogP contribution in [0, 0.1) is 0 Å². The van der Waals surface area contributed by atoms with E-state index in [9.17, 15) is 4.79 Å². The number of ketones is 1. The Morgan fingerprint density at radius 2 is 1.00 bits per heavy atom. The lowest BCUT2D eigenvalue weighted by molar-refractivity contribution is -0.116. The van der Waals surface area contributed by atoms with Gasteiger partial charge in [0.2, 0.25) is 0 Å². The average molecular weight is 319 g/mol. The van der Waals surface area contributed by atoms with Crippen LogP contribution < -0.4 is 0 Å². The van der Waals surface area contributed by atoms with Gasteiger partial charge in [0.1, 0.15) is 5.78 Å². The number of Topliss-reactive ketones (excluding diaryl/α,β-unsaturated/α-hetero) is 1. The van der Waals surface area contributed by atoms with Crippen LogP contribution in [0.25, 0.3) is 0 Å². The summed E-state index contributed by atoms with van der Waals surface area (Å²) in [5.74, 6) is 0.404. The fourth-order valence-corrected chi connectivity index (χ4v) is 103. The molecule has 0 rings (SSSR count). The molecule has 0 atom stereocenters. The molecule has 0 aromatic heterocycles. The molecule has 108 valence electrons. The van der Waals surface area contributed by atoms with Gasteiger partial charge in [-0.2, -0.15) is 0 Å². The van der Waals surface area contributed by atoms with E-state index in [0.29, 0.717) is 5.78 Å². The van der Waals surface area contributed by atoms with Gasteiger partial charge in [0, 0.05) is 35.8 Å². The summed E-state index contributed by atoms with van der Waals surface area (Å²) in [6.07, 6.45) is 0.852. The van der Waals surface area contributed by atoms with Crippen molar-refractivity contribution in [1.82, 2.24) is 0 Å². The van der Waals surface area contributed by atoms with Crippen molar-refractivity contribution in [1.29, 1.82) is 0 Å². The molecule has 0 unspecified atom stereocenters. The molecule has 0 radical (unpaired) electrons. The van der Waals surface area contributed by atoms with Crippen LogP contribution in [0.15, 0.2) is 0 Å². The summed E-state index contributed by atoms with van der Waals surface area (Å²) in [7, 11) is -3.49. The number of carbonyl (C=O) groups excluding carboxylic acids is 1. The van der Waals surface area contributed by atoms with Crippen LogP contribution in [0.3, 0.4) is 0 Å². The molecule has 0 aromatic carbocycles. The lowest BCUT2D eigenvalue weighted by atomic mass is 10.4. The van der Waals surface area contributed by atoms with Crippen molar-refractivity contribution >= 4 is 35.2 Å². The van der Waals surface area contributed by atoms with Crippen molar-refractivity contribution in [3.63, 3.8) is 0 Å². The van der Waals surface area contributed by atoms with Gasteiger partial charge < -0.3 is 4.79 Å². The quantitative estimate of drug-likeness (QED) is 0.651. The Morgan fingerprint density at radius 1 is 0.722 bits per heavy atom. The number of hydrogen-bond acceptors (Lipinski definition) is 1. The summed E-state index contributed by atoms with van der Waals surface area (Å²) in [6.45, 7) is 23.8. The zero-order valence-electron chi connectivity index (χ0n) is 14.3. The molecule has 1 nitrogen and oxygen atoms in total. The zero-order valence-corrected chi connectivity index (χ0v) is 18.3. The van der Waals surface area contributed by atoms with Crippen molar-refractivity contribution < 1.29 is 4.79 Å². The Hall–Kier alpha value is 0.538. The predicted octanol–water partition coefficient (Wildman–Crippen LogP) is 4.66. The monoisotopic (exact) mass is 318 g/mol. The van der Waals surface area contributed by atoms with Gasteiger partial charge in [0.25, 0.3) is 0 Å². The molecule has 0 N–H and O–H groups in total. The van der Waals surface area contributed by atoms with Crippen LogP contribution in [0.4, 0.5) is 0 Å². The van der Waals surface area contributed by atoms with E-state index in [-0.39, 0.29) is 0 Å². The summed E-state index contributed by atoms with van der Waals surface area (Å²) in [5.41, 5.74) is 0. The highest BCUT2D eigenvalue weighted by Crippen LogP contribution is 2.40. The van der Waals surface area contributed by atoms with Gasteiger partial charge in [0.05, 0.1) is 0 Å². The summed E-state index contributed by atoms with van der Waals surface area (Å²) in [5, 5.41) is 0. The first-order chi connectivity index (χ1) is 7.67. The molecule has 0 aliphatic heterocycles. The first kappa shape index (κ1) is 18.5. The zero-order chi connectivity index (χ0) is 15.0. The molecule has 0 fully saturated rings. The largest absolute Gasteiger partial charge is 0.300 e. The van der Waals surface area contributed by atoms with Crippen LogP contribution in [-0.2, 0) is 4.79 Å². The van der Waals surface area contributed by atoms with Gasteiger partial charge in [-0.3, -0.25) is 0 Å². The highest BCUT2D eigenvalue weighted by Gasteiger charge is 2.60. The molecular weight excluding hydrogens is 284 g/mol. The van der Waals surface area contributed by atoms with Crippen LogP contribution >= 0.6 is 0 Å². The minimum atomic E-state index is -1.27. The van der Waals surface area contributed by atoms with Gasteiger partial charge in [-0.05, 0) is 6.92 Å². The lowest BCUT2D eigenvalue weighted by Gasteiger charge is -2.57. The second-order valence-electron chi connectivity index (χ2n) is 8.86. The van der Waals surface area contributed by atoms with Gasteiger partial charge in [0.15, 0.2) is 0 Å². The second-order valence-corrected chi connectivity index (χ2v) is 50.3. The third-order valence-electron chi connectivity index (χ3n) is 4.69. The third kappa shape index (κ3) is 3.55. The first-order valence-electron chi connectivity index (χ1n) is 7.16. The summed E-state index contributed by atoms with van der Waals surface area (Å²) in [6, 6.07) is 1.30. The van der Waals surface area contributed by atoms with E-state index in [0.717, 1.165) is 6.42 Å². The fourth-order valence-electron chi connectivity index (χ4n) is 4.86. The van der Waals surface area contributed by atoms with E-state index in [1.165, 1.54) is 6.04 Å². The summed E-state index contributed by atoms with van der Waals surface area (Å²) >= 11 is 0. The smallest absolute Gasteiger partial charge is 0.129 e. The normalized spacial score (nSPS) is 14.8. The maximum absolute atomic E-state index is 11.5. The number of hydrogen-bond donors (Lipinski definition) is 0. The van der Waals surface area contributed by atoms with Crippen molar-refractivity contribution in [2.45, 2.75) is 78.3 Å². The maximum atomic E-state index is 11.5. The van der Waals surface area contributed by atoms with Crippen molar-refractivity contribution in [3.8, 4) is 0 Å².